The summed E-state index contributed by atoms with van der Waals surface area (Å²) in [5, 5.41) is 2.45. The van der Waals surface area contributed by atoms with E-state index in [2.05, 4.69) is 10.1 Å². The summed E-state index contributed by atoms with van der Waals surface area (Å²) in [6, 6.07) is 3.33. The average molecular weight is 344 g/mol. The van der Waals surface area contributed by atoms with Crippen LogP contribution in [-0.2, 0) is 19.4 Å². The molecule has 8 nitrogen and oxygen atoms in total. The van der Waals surface area contributed by atoms with Crippen LogP contribution in [0, 0.1) is 0 Å². The van der Waals surface area contributed by atoms with Gasteiger partial charge >= 0.3 is 5.97 Å². The third kappa shape index (κ3) is 5.78. The van der Waals surface area contributed by atoms with Crippen molar-refractivity contribution < 1.29 is 27.5 Å². The molecule has 0 spiro atoms. The smallest absolute Gasteiger partial charge is 0.328 e. The molecule has 1 aromatic rings. The van der Waals surface area contributed by atoms with Gasteiger partial charge in [-0.2, -0.15) is 0 Å². The van der Waals surface area contributed by atoms with Crippen molar-refractivity contribution in [3.8, 4) is 5.75 Å². The number of sulfone groups is 1. The standard InChI is InChI=1S/C14H20N2O6S/c1-21-12-8-9(4-5-10(12)15)13(17)16-11(14(18)22-2)6-7-23(3,19)20/h4-5,8,11H,6-7,15H2,1-3H3,(H,16,17)/t11-/m0/s1. The van der Waals surface area contributed by atoms with Crippen molar-refractivity contribution in [2.45, 2.75) is 12.5 Å². The molecule has 0 aliphatic heterocycles. The fraction of sp³-hybridized carbons (Fsp3) is 0.429. The topological polar surface area (TPSA) is 125 Å². The Kier molecular flexibility index (Phi) is 6.38. The third-order valence-corrected chi connectivity index (χ3v) is 4.04. The zero-order chi connectivity index (χ0) is 17.6. The van der Waals surface area contributed by atoms with E-state index in [1.807, 2.05) is 0 Å². The van der Waals surface area contributed by atoms with Crippen LogP contribution in [0.15, 0.2) is 18.2 Å². The summed E-state index contributed by atoms with van der Waals surface area (Å²) in [5.74, 6) is -1.21. The van der Waals surface area contributed by atoms with Crippen molar-refractivity contribution in [2.75, 3.05) is 32.0 Å². The normalized spacial score (nSPS) is 12.3. The highest BCUT2D eigenvalue weighted by Crippen LogP contribution is 2.22. The van der Waals surface area contributed by atoms with Crippen LogP contribution in [0.5, 0.6) is 5.75 Å². The molecule has 1 aromatic carbocycles. The molecule has 0 aromatic heterocycles. The van der Waals surface area contributed by atoms with Crippen LogP contribution in [0.2, 0.25) is 0 Å². The number of nitrogens with one attached hydrogen (secondary N) is 1. The van der Waals surface area contributed by atoms with Crippen molar-refractivity contribution in [2.24, 2.45) is 0 Å². The third-order valence-electron chi connectivity index (χ3n) is 3.06. The molecule has 0 unspecified atom stereocenters. The molecule has 1 atom stereocenters. The minimum Gasteiger partial charge on any atom is -0.495 e. The Morgan fingerprint density at radius 3 is 2.48 bits per heavy atom. The number of hydrogen-bond acceptors (Lipinski definition) is 7. The zero-order valence-electron chi connectivity index (χ0n) is 13.2. The maximum atomic E-state index is 12.2. The van der Waals surface area contributed by atoms with Crippen LogP contribution < -0.4 is 15.8 Å². The highest BCUT2D eigenvalue weighted by atomic mass is 32.2. The maximum Gasteiger partial charge on any atom is 0.328 e. The SMILES string of the molecule is COC(=O)[C@H](CCS(C)(=O)=O)NC(=O)c1ccc(N)c(OC)c1. The number of methoxy groups -OCH3 is 2. The molecule has 128 valence electrons. The van der Waals surface area contributed by atoms with Crippen LogP contribution in [0.1, 0.15) is 16.8 Å². The van der Waals surface area contributed by atoms with Crippen LogP contribution in [-0.4, -0.2) is 52.6 Å². The number of anilines is 1. The van der Waals surface area contributed by atoms with Gasteiger partial charge in [0.15, 0.2) is 0 Å². The van der Waals surface area contributed by atoms with E-state index in [0.717, 1.165) is 13.4 Å². The van der Waals surface area contributed by atoms with Gasteiger partial charge in [-0.15, -0.1) is 0 Å². The Bertz CT molecular complexity index is 687. The van der Waals surface area contributed by atoms with E-state index >= 15 is 0 Å². The molecule has 0 saturated heterocycles. The first-order chi connectivity index (χ1) is 10.7. The lowest BCUT2D eigenvalue weighted by Gasteiger charge is -2.16. The molecule has 0 bridgehead atoms. The first-order valence-electron chi connectivity index (χ1n) is 6.68. The van der Waals surface area contributed by atoms with E-state index in [9.17, 15) is 18.0 Å². The first kappa shape index (κ1) is 18.8. The minimum absolute atomic E-state index is 0.0800. The highest BCUT2D eigenvalue weighted by molar-refractivity contribution is 7.90. The largest absolute Gasteiger partial charge is 0.495 e. The molecule has 0 saturated carbocycles. The van der Waals surface area contributed by atoms with Crippen molar-refractivity contribution in [3.63, 3.8) is 0 Å². The van der Waals surface area contributed by atoms with Gasteiger partial charge in [0.25, 0.3) is 5.91 Å². The molecular formula is C14H20N2O6S. The van der Waals surface area contributed by atoms with Gasteiger partial charge < -0.3 is 20.5 Å². The lowest BCUT2D eigenvalue weighted by Crippen LogP contribution is -2.42. The number of nitrogen functional groups attached to an aromatic ring is 1. The molecule has 1 amide bonds. The number of hydrogen-bond donors (Lipinski definition) is 2. The number of nitrogens with two attached hydrogens (primary N) is 1. The van der Waals surface area contributed by atoms with Crippen molar-refractivity contribution in [1.82, 2.24) is 5.32 Å². The summed E-state index contributed by atoms with van der Waals surface area (Å²) < 4.78 is 32.1. The maximum absolute atomic E-state index is 12.2. The van der Waals surface area contributed by atoms with Crippen LogP contribution in [0.4, 0.5) is 5.69 Å². The van der Waals surface area contributed by atoms with Gasteiger partial charge in [0, 0.05) is 11.8 Å². The molecule has 0 aliphatic carbocycles. The summed E-state index contributed by atoms with van der Waals surface area (Å²) in [6.07, 6.45) is 0.970. The van der Waals surface area contributed by atoms with Gasteiger partial charge in [-0.05, 0) is 24.6 Å². The Morgan fingerprint density at radius 1 is 1.30 bits per heavy atom. The average Bonchev–Trinajstić information content (AvgIpc) is 2.49. The van der Waals surface area contributed by atoms with Crippen LogP contribution in [0.3, 0.4) is 0 Å². The minimum atomic E-state index is -3.27. The number of carbonyl (C=O) groups is 2. The summed E-state index contributed by atoms with van der Waals surface area (Å²) >= 11 is 0. The van der Waals surface area contributed by atoms with Gasteiger partial charge in [-0.3, -0.25) is 4.79 Å². The Balaban J connectivity index is 2.90. The molecule has 0 heterocycles. The predicted octanol–water partition coefficient (Wildman–Crippen LogP) is -0.0165. The molecule has 3 N–H and O–H groups in total. The summed E-state index contributed by atoms with van der Waals surface area (Å²) in [7, 11) is -0.699. The van der Waals surface area contributed by atoms with Gasteiger partial charge in [-0.1, -0.05) is 0 Å². The van der Waals surface area contributed by atoms with E-state index in [1.54, 1.807) is 0 Å². The Morgan fingerprint density at radius 2 is 1.96 bits per heavy atom. The number of carbonyl (C=O) groups excluding carboxylic acids is 2. The zero-order valence-corrected chi connectivity index (χ0v) is 14.0. The van der Waals surface area contributed by atoms with Gasteiger partial charge in [0.1, 0.15) is 21.6 Å². The molecule has 1 rings (SSSR count). The number of ether oxygens (including phenoxy) is 2. The second-order valence-electron chi connectivity index (χ2n) is 4.92. The molecule has 0 aliphatic rings. The van der Waals surface area contributed by atoms with Crippen molar-refractivity contribution >= 4 is 27.4 Å². The second-order valence-corrected chi connectivity index (χ2v) is 7.18. The van der Waals surface area contributed by atoms with E-state index < -0.39 is 27.8 Å². The molecular weight excluding hydrogens is 324 g/mol. The number of benzene rings is 1. The van der Waals surface area contributed by atoms with Gasteiger partial charge in [0.05, 0.1) is 25.7 Å². The van der Waals surface area contributed by atoms with Crippen molar-refractivity contribution in [1.29, 1.82) is 0 Å². The Labute approximate surface area is 134 Å². The lowest BCUT2D eigenvalue weighted by molar-refractivity contribution is -0.142. The van der Waals surface area contributed by atoms with Crippen molar-refractivity contribution in [3.05, 3.63) is 23.8 Å². The van der Waals surface area contributed by atoms with Gasteiger partial charge in [0.2, 0.25) is 0 Å². The number of rotatable bonds is 7. The molecule has 23 heavy (non-hydrogen) atoms. The number of amides is 1. The summed E-state index contributed by atoms with van der Waals surface area (Å²) in [4.78, 5) is 23.9. The van der Waals surface area contributed by atoms with Gasteiger partial charge in [-0.25, -0.2) is 13.2 Å². The molecule has 0 fully saturated rings. The van der Waals surface area contributed by atoms with E-state index in [0.29, 0.717) is 11.4 Å². The highest BCUT2D eigenvalue weighted by Gasteiger charge is 2.24. The Hall–Kier alpha value is -2.29. The predicted molar refractivity (Wildman–Crippen MR) is 85.0 cm³/mol. The van der Waals surface area contributed by atoms with E-state index in [-0.39, 0.29) is 17.7 Å². The van der Waals surface area contributed by atoms with E-state index in [4.69, 9.17) is 10.5 Å². The molecule has 0 radical (unpaired) electrons. The van der Waals surface area contributed by atoms with Crippen LogP contribution in [0.25, 0.3) is 0 Å². The quantitative estimate of drug-likeness (QED) is 0.526. The second kappa shape index (κ2) is 7.82. The summed E-state index contributed by atoms with van der Waals surface area (Å²) in [6.45, 7) is 0. The van der Waals surface area contributed by atoms with Crippen LogP contribution >= 0.6 is 0 Å². The fourth-order valence-electron chi connectivity index (χ4n) is 1.82. The monoisotopic (exact) mass is 344 g/mol. The molecule has 9 heteroatoms. The van der Waals surface area contributed by atoms with E-state index in [1.165, 1.54) is 25.3 Å². The lowest BCUT2D eigenvalue weighted by atomic mass is 10.1. The summed E-state index contributed by atoms with van der Waals surface area (Å²) in [5.41, 5.74) is 6.26. The number of esters is 1. The fourth-order valence-corrected chi connectivity index (χ4v) is 2.48. The first-order valence-corrected chi connectivity index (χ1v) is 8.74.